The molecule has 5 aromatic carbocycles. The molecule has 7 nitrogen and oxygen atoms in total. The minimum Gasteiger partial charge on any atom is -0.457 e. The van der Waals surface area contributed by atoms with Crippen molar-refractivity contribution in [3.63, 3.8) is 0 Å². The lowest BCUT2D eigenvalue weighted by atomic mass is 9.95. The Kier molecular flexibility index (Phi) is 8.15. The first-order valence-corrected chi connectivity index (χ1v) is 19.2. The van der Waals surface area contributed by atoms with Gasteiger partial charge in [-0.15, -0.1) is 5.10 Å². The first-order chi connectivity index (χ1) is 26.5. The third-order valence-corrected chi connectivity index (χ3v) is 11.2. The van der Waals surface area contributed by atoms with Crippen LogP contribution in [0.5, 0.6) is 11.5 Å². The summed E-state index contributed by atoms with van der Waals surface area (Å²) in [4.78, 5) is 5.05. The van der Waals surface area contributed by atoms with Crippen molar-refractivity contribution in [2.75, 3.05) is 0 Å². The molecule has 55 heavy (non-hydrogen) atoms. The van der Waals surface area contributed by atoms with Crippen molar-refractivity contribution < 1.29 is 4.74 Å². The molecule has 9 aromatic rings. The first kappa shape index (κ1) is 34.6. The number of fused-ring (bicyclic) bond motifs is 6. The van der Waals surface area contributed by atoms with E-state index in [0.29, 0.717) is 11.8 Å². The SMILES string of the molecule is Cc1cc(Oc2ccc3c4ccccc4n(-c4cc(-n5c6c(C)cc(C(C)C)cc6c6cc(C(C)C)cc(C)c65)ccn4)c3c2)cc(-n2nnc(C)c2C)c1. The van der Waals surface area contributed by atoms with Crippen LogP contribution in [0, 0.1) is 34.6 Å². The van der Waals surface area contributed by atoms with Gasteiger partial charge < -0.3 is 9.30 Å². The van der Waals surface area contributed by atoms with Crippen LogP contribution in [-0.2, 0) is 0 Å². The fraction of sp³-hybridized carbons (Fsp3) is 0.229. The first-order valence-electron chi connectivity index (χ1n) is 19.2. The number of hydrogen-bond acceptors (Lipinski definition) is 4. The lowest BCUT2D eigenvalue weighted by Crippen LogP contribution is -2.02. The summed E-state index contributed by atoms with van der Waals surface area (Å²) < 4.78 is 13.2. The number of nitrogens with zero attached hydrogens (tertiary/aromatic N) is 6. The molecule has 0 aliphatic rings. The lowest BCUT2D eigenvalue weighted by Gasteiger charge is -2.15. The predicted octanol–water partition coefficient (Wildman–Crippen LogP) is 12.4. The Bertz CT molecular complexity index is 2900. The maximum absolute atomic E-state index is 6.62. The van der Waals surface area contributed by atoms with Crippen LogP contribution in [0.4, 0.5) is 0 Å². The maximum atomic E-state index is 6.62. The fourth-order valence-corrected chi connectivity index (χ4v) is 8.28. The highest BCUT2D eigenvalue weighted by Gasteiger charge is 2.21. The number of aromatic nitrogens is 6. The Balaban J connectivity index is 1.22. The van der Waals surface area contributed by atoms with Crippen LogP contribution in [0.1, 0.15) is 78.7 Å². The average molecular weight is 723 g/mol. The molecule has 0 aliphatic carbocycles. The number of para-hydroxylation sites is 1. The highest BCUT2D eigenvalue weighted by atomic mass is 16.5. The molecule has 0 N–H and O–H groups in total. The summed E-state index contributed by atoms with van der Waals surface area (Å²) in [5.74, 6) is 3.19. The molecule has 0 aliphatic heterocycles. The van der Waals surface area contributed by atoms with Crippen molar-refractivity contribution in [3.8, 4) is 28.7 Å². The van der Waals surface area contributed by atoms with E-state index in [1.165, 1.54) is 44.1 Å². The molecule has 0 radical (unpaired) electrons. The monoisotopic (exact) mass is 722 g/mol. The third-order valence-electron chi connectivity index (χ3n) is 11.2. The van der Waals surface area contributed by atoms with E-state index in [1.807, 2.05) is 30.8 Å². The number of benzene rings is 5. The largest absolute Gasteiger partial charge is 0.457 e. The Morgan fingerprint density at radius 1 is 0.564 bits per heavy atom. The standard InChI is InChI=1S/C48H46N6O/c1-27(2)34-20-30(6)47-42(22-34)43-23-35(28(3)4)21-31(7)48(43)52(47)36-16-17-49-46(25-36)53-44-13-11-10-12-40(44)41-15-14-38(26-45(41)53)55-39-19-29(5)18-37(24-39)54-33(9)32(8)50-51-54/h10-28H,1-9H3. The second-order valence-electron chi connectivity index (χ2n) is 15.8. The molecule has 0 atom stereocenters. The quantitative estimate of drug-likeness (QED) is 0.164. The van der Waals surface area contributed by atoms with Crippen molar-refractivity contribution in [1.29, 1.82) is 0 Å². The third kappa shape index (κ3) is 5.68. The molecule has 0 unspecified atom stereocenters. The number of ether oxygens (including phenoxy) is 1. The van der Waals surface area contributed by atoms with Gasteiger partial charge in [-0.3, -0.25) is 4.57 Å². The summed E-state index contributed by atoms with van der Waals surface area (Å²) in [5.41, 5.74) is 14.8. The molecule has 4 heterocycles. The van der Waals surface area contributed by atoms with Crippen LogP contribution < -0.4 is 4.74 Å². The van der Waals surface area contributed by atoms with Crippen LogP contribution in [-0.4, -0.2) is 29.1 Å². The molecule has 0 fully saturated rings. The van der Waals surface area contributed by atoms with Gasteiger partial charge in [0.05, 0.1) is 44.8 Å². The zero-order valence-corrected chi connectivity index (χ0v) is 33.1. The minimum absolute atomic E-state index is 0.433. The number of pyridine rings is 1. The van der Waals surface area contributed by atoms with E-state index in [-0.39, 0.29) is 0 Å². The van der Waals surface area contributed by atoms with E-state index in [9.17, 15) is 0 Å². The van der Waals surface area contributed by atoms with Crippen molar-refractivity contribution in [1.82, 2.24) is 29.1 Å². The van der Waals surface area contributed by atoms with Crippen LogP contribution in [0.2, 0.25) is 0 Å². The highest BCUT2D eigenvalue weighted by molar-refractivity contribution is 6.12. The topological polar surface area (TPSA) is 62.7 Å². The summed E-state index contributed by atoms with van der Waals surface area (Å²) in [6, 6.07) is 35.0. The van der Waals surface area contributed by atoms with Crippen LogP contribution in [0.15, 0.2) is 103 Å². The molecule has 7 heteroatoms. The van der Waals surface area contributed by atoms with E-state index in [1.54, 1.807) is 0 Å². The molecular formula is C48H46N6O. The van der Waals surface area contributed by atoms with Crippen molar-refractivity contribution in [3.05, 3.63) is 142 Å². The van der Waals surface area contributed by atoms with Crippen LogP contribution in [0.25, 0.3) is 60.8 Å². The van der Waals surface area contributed by atoms with Gasteiger partial charge in [0.1, 0.15) is 17.3 Å². The van der Waals surface area contributed by atoms with Crippen molar-refractivity contribution in [2.45, 2.75) is 74.1 Å². The molecule has 0 spiro atoms. The zero-order chi connectivity index (χ0) is 38.3. The van der Waals surface area contributed by atoms with Gasteiger partial charge >= 0.3 is 0 Å². The lowest BCUT2D eigenvalue weighted by molar-refractivity contribution is 0.482. The molecular weight excluding hydrogens is 677 g/mol. The number of hydrogen-bond donors (Lipinski definition) is 0. The molecule has 4 aromatic heterocycles. The summed E-state index contributed by atoms with van der Waals surface area (Å²) in [6.45, 7) is 19.7. The van der Waals surface area contributed by atoms with E-state index >= 15 is 0 Å². The minimum atomic E-state index is 0.433. The van der Waals surface area contributed by atoms with Gasteiger partial charge in [-0.05, 0) is 123 Å². The number of rotatable bonds is 7. The molecule has 274 valence electrons. The van der Waals surface area contributed by atoms with Gasteiger partial charge in [0.2, 0.25) is 0 Å². The van der Waals surface area contributed by atoms with Gasteiger partial charge in [-0.25, -0.2) is 9.67 Å². The van der Waals surface area contributed by atoms with E-state index < -0.39 is 0 Å². The normalized spacial score (nSPS) is 12.1. The fourth-order valence-electron chi connectivity index (χ4n) is 8.28. The molecule has 9 rings (SSSR count). The number of aryl methyl sites for hydroxylation is 4. The Morgan fingerprint density at radius 3 is 1.89 bits per heavy atom. The second kappa shape index (κ2) is 13.0. The van der Waals surface area contributed by atoms with E-state index in [4.69, 9.17) is 9.72 Å². The van der Waals surface area contributed by atoms with E-state index in [0.717, 1.165) is 67.4 Å². The van der Waals surface area contributed by atoms with Gasteiger partial charge in [0.15, 0.2) is 0 Å². The van der Waals surface area contributed by atoms with E-state index in [2.05, 4.69) is 159 Å². The van der Waals surface area contributed by atoms with Crippen LogP contribution in [0.3, 0.4) is 0 Å². The average Bonchev–Trinajstić information content (AvgIpc) is 3.80. The molecule has 0 saturated carbocycles. The summed E-state index contributed by atoms with van der Waals surface area (Å²) in [7, 11) is 0. The van der Waals surface area contributed by atoms with Gasteiger partial charge in [0.25, 0.3) is 0 Å². The molecule has 0 amide bonds. The smallest absolute Gasteiger partial charge is 0.139 e. The highest BCUT2D eigenvalue weighted by Crippen LogP contribution is 2.40. The van der Waals surface area contributed by atoms with Gasteiger partial charge in [-0.2, -0.15) is 0 Å². The van der Waals surface area contributed by atoms with Crippen LogP contribution >= 0.6 is 0 Å². The summed E-state index contributed by atoms with van der Waals surface area (Å²) >= 11 is 0. The Morgan fingerprint density at radius 2 is 1.24 bits per heavy atom. The van der Waals surface area contributed by atoms with Crippen molar-refractivity contribution >= 4 is 43.6 Å². The Labute approximate surface area is 321 Å². The summed E-state index contributed by atoms with van der Waals surface area (Å²) in [5, 5.41) is 13.5. The molecule has 0 bridgehead atoms. The molecule has 0 saturated heterocycles. The zero-order valence-electron chi connectivity index (χ0n) is 33.1. The maximum Gasteiger partial charge on any atom is 0.139 e. The van der Waals surface area contributed by atoms with Gasteiger partial charge in [0, 0.05) is 45.9 Å². The Hall–Kier alpha value is -6.21. The second-order valence-corrected chi connectivity index (χ2v) is 15.8. The van der Waals surface area contributed by atoms with Gasteiger partial charge in [-0.1, -0.05) is 63.2 Å². The van der Waals surface area contributed by atoms with Crippen molar-refractivity contribution in [2.24, 2.45) is 0 Å². The summed E-state index contributed by atoms with van der Waals surface area (Å²) in [6.07, 6.45) is 1.95. The predicted molar refractivity (Wildman–Crippen MR) is 226 cm³/mol.